The van der Waals surface area contributed by atoms with Crippen LogP contribution in [0.15, 0.2) is 83.8 Å². The topological polar surface area (TPSA) is 66.5 Å². The molecule has 1 N–H and O–H groups in total. The third kappa shape index (κ3) is 5.90. The summed E-state index contributed by atoms with van der Waals surface area (Å²) >= 11 is 6.25. The Morgan fingerprint density at radius 2 is 1.59 bits per heavy atom. The van der Waals surface area contributed by atoms with E-state index in [-0.39, 0.29) is 23.4 Å². The predicted octanol–water partition coefficient (Wildman–Crippen LogP) is 4.98. The molecule has 0 aliphatic carbocycles. The van der Waals surface area contributed by atoms with Crippen LogP contribution in [0.25, 0.3) is 0 Å². The van der Waals surface area contributed by atoms with Gasteiger partial charge in [0.05, 0.1) is 10.6 Å². The average Bonchev–Trinajstić information content (AvgIpc) is 2.79. The second kappa shape index (κ2) is 10.7. The molecule has 3 aromatic rings. The lowest BCUT2D eigenvalue weighted by Crippen LogP contribution is -2.44. The number of hydrogen-bond acceptors (Lipinski definition) is 3. The molecule has 3 aromatic carbocycles. The van der Waals surface area contributed by atoms with E-state index in [0.717, 1.165) is 17.1 Å². The van der Waals surface area contributed by atoms with Crippen LogP contribution in [0.3, 0.4) is 0 Å². The number of carbonyl (C=O) groups excluding carboxylic acids is 1. The Morgan fingerprint density at radius 3 is 2.25 bits per heavy atom. The quantitative estimate of drug-likeness (QED) is 0.479. The number of benzene rings is 3. The van der Waals surface area contributed by atoms with Crippen molar-refractivity contribution in [2.75, 3.05) is 10.8 Å². The summed E-state index contributed by atoms with van der Waals surface area (Å²) in [7, 11) is -3.97. The number of halogens is 1. The molecule has 1 atom stereocenters. The monoisotopic (exact) mass is 470 g/mol. The first-order valence-electron chi connectivity index (χ1n) is 10.4. The molecule has 3 rings (SSSR count). The number of sulfonamides is 1. The molecule has 0 fully saturated rings. The van der Waals surface area contributed by atoms with Gasteiger partial charge in [-0.2, -0.15) is 0 Å². The summed E-state index contributed by atoms with van der Waals surface area (Å²) < 4.78 is 28.0. The van der Waals surface area contributed by atoms with E-state index in [2.05, 4.69) is 5.32 Å². The lowest BCUT2D eigenvalue weighted by Gasteiger charge is -2.26. The maximum absolute atomic E-state index is 13.4. The van der Waals surface area contributed by atoms with Crippen LogP contribution in [-0.4, -0.2) is 26.9 Å². The Bertz CT molecular complexity index is 1150. The van der Waals surface area contributed by atoms with Crippen LogP contribution in [0.4, 0.5) is 5.69 Å². The Morgan fingerprint density at radius 1 is 0.969 bits per heavy atom. The van der Waals surface area contributed by atoms with Gasteiger partial charge in [-0.05, 0) is 62.1 Å². The molecule has 0 spiro atoms. The number of nitrogens with zero attached hydrogens (tertiary/aromatic N) is 1. The maximum Gasteiger partial charge on any atom is 0.264 e. The summed E-state index contributed by atoms with van der Waals surface area (Å²) in [6, 6.07) is 23.0. The van der Waals surface area contributed by atoms with Gasteiger partial charge in [0.25, 0.3) is 10.0 Å². The van der Waals surface area contributed by atoms with E-state index in [1.165, 1.54) is 17.7 Å². The number of carbonyl (C=O) groups is 1. The molecule has 0 saturated carbocycles. The summed E-state index contributed by atoms with van der Waals surface area (Å²) in [5, 5.41) is 3.37. The van der Waals surface area contributed by atoms with Crippen LogP contribution in [-0.2, 0) is 21.2 Å². The van der Waals surface area contributed by atoms with Crippen LogP contribution in [0.5, 0.6) is 0 Å². The number of hydrogen-bond donors (Lipinski definition) is 1. The van der Waals surface area contributed by atoms with E-state index >= 15 is 0 Å². The predicted molar refractivity (Wildman–Crippen MR) is 130 cm³/mol. The fourth-order valence-corrected chi connectivity index (χ4v) is 5.11. The smallest absolute Gasteiger partial charge is 0.264 e. The molecule has 0 aliphatic rings. The fraction of sp³-hybridized carbons (Fsp3) is 0.240. The zero-order chi connectivity index (χ0) is 23.1. The van der Waals surface area contributed by atoms with E-state index in [1.54, 1.807) is 43.3 Å². The van der Waals surface area contributed by atoms with Crippen molar-refractivity contribution < 1.29 is 13.2 Å². The summed E-state index contributed by atoms with van der Waals surface area (Å²) in [4.78, 5) is 13.0. The summed E-state index contributed by atoms with van der Waals surface area (Å²) in [6.45, 7) is 3.32. The van der Waals surface area contributed by atoms with Crippen molar-refractivity contribution in [3.05, 3.63) is 95.0 Å². The highest BCUT2D eigenvalue weighted by atomic mass is 35.5. The molecule has 0 bridgehead atoms. The molecule has 5 nitrogen and oxygen atoms in total. The fourth-order valence-electron chi connectivity index (χ4n) is 3.44. The second-order valence-corrected chi connectivity index (χ2v) is 9.97. The normalized spacial score (nSPS) is 12.2. The molecule has 0 aliphatic heterocycles. The highest BCUT2D eigenvalue weighted by Crippen LogP contribution is 2.30. The molecule has 0 heterocycles. The molecular formula is C25H27ClN2O3S. The van der Waals surface area contributed by atoms with E-state index in [0.29, 0.717) is 16.3 Å². The highest BCUT2D eigenvalue weighted by Gasteiger charge is 2.29. The zero-order valence-corrected chi connectivity index (χ0v) is 19.7. The van der Waals surface area contributed by atoms with Crippen molar-refractivity contribution in [1.82, 2.24) is 5.32 Å². The van der Waals surface area contributed by atoms with E-state index in [9.17, 15) is 13.2 Å². The van der Waals surface area contributed by atoms with Crippen molar-refractivity contribution in [2.45, 2.75) is 37.6 Å². The van der Waals surface area contributed by atoms with Crippen LogP contribution in [0.2, 0.25) is 5.02 Å². The van der Waals surface area contributed by atoms with E-state index in [4.69, 9.17) is 11.6 Å². The minimum atomic E-state index is -3.97. The summed E-state index contributed by atoms with van der Waals surface area (Å²) in [5.41, 5.74) is 2.17. The first-order valence-corrected chi connectivity index (χ1v) is 12.3. The average molecular weight is 471 g/mol. The Kier molecular flexibility index (Phi) is 7.94. The molecule has 0 aromatic heterocycles. The number of aryl methyl sites for hydroxylation is 1. The SMILES string of the molecule is Cc1c(Cl)cccc1N(CC(=O)N[C@@H](C)CCc1ccccc1)S(=O)(=O)c1ccccc1. The molecule has 168 valence electrons. The standard InChI is InChI=1S/C25H27ClN2O3S/c1-19(16-17-21-10-5-3-6-11-21)27-25(29)18-28(24-15-9-14-23(26)20(24)2)32(30,31)22-12-7-4-8-13-22/h3-15,19H,16-18H2,1-2H3,(H,27,29)/t19-/m0/s1. The molecular weight excluding hydrogens is 444 g/mol. The van der Waals surface area contributed by atoms with Gasteiger partial charge >= 0.3 is 0 Å². The van der Waals surface area contributed by atoms with Gasteiger partial charge in [-0.3, -0.25) is 9.10 Å². The maximum atomic E-state index is 13.4. The molecule has 0 unspecified atom stereocenters. The van der Waals surface area contributed by atoms with Crippen molar-refractivity contribution >= 4 is 33.2 Å². The largest absolute Gasteiger partial charge is 0.352 e. The van der Waals surface area contributed by atoms with Gasteiger partial charge in [0.15, 0.2) is 0 Å². The molecule has 0 saturated heterocycles. The van der Waals surface area contributed by atoms with E-state index < -0.39 is 10.0 Å². The van der Waals surface area contributed by atoms with Gasteiger partial charge in [-0.15, -0.1) is 0 Å². The van der Waals surface area contributed by atoms with Crippen LogP contribution < -0.4 is 9.62 Å². The molecule has 7 heteroatoms. The van der Waals surface area contributed by atoms with Gasteiger partial charge in [0, 0.05) is 11.1 Å². The third-order valence-electron chi connectivity index (χ3n) is 5.24. The Balaban J connectivity index is 1.79. The third-order valence-corrected chi connectivity index (χ3v) is 7.43. The molecule has 0 radical (unpaired) electrons. The van der Waals surface area contributed by atoms with Crippen LogP contribution >= 0.6 is 11.6 Å². The van der Waals surface area contributed by atoms with Crippen molar-refractivity contribution in [1.29, 1.82) is 0 Å². The number of rotatable bonds is 9. The molecule has 32 heavy (non-hydrogen) atoms. The van der Waals surface area contributed by atoms with Crippen molar-refractivity contribution in [3.8, 4) is 0 Å². The van der Waals surface area contributed by atoms with Gasteiger partial charge in [-0.1, -0.05) is 66.2 Å². The van der Waals surface area contributed by atoms with Gasteiger partial charge in [-0.25, -0.2) is 8.42 Å². The van der Waals surface area contributed by atoms with E-state index in [1.807, 2.05) is 37.3 Å². The van der Waals surface area contributed by atoms with Crippen molar-refractivity contribution in [2.24, 2.45) is 0 Å². The van der Waals surface area contributed by atoms with Crippen LogP contribution in [0, 0.1) is 6.92 Å². The van der Waals surface area contributed by atoms with Gasteiger partial charge in [0.1, 0.15) is 6.54 Å². The number of amides is 1. The lowest BCUT2D eigenvalue weighted by atomic mass is 10.1. The minimum absolute atomic E-state index is 0.107. The Hall–Kier alpha value is -2.83. The molecule has 1 amide bonds. The summed E-state index contributed by atoms with van der Waals surface area (Å²) in [5.74, 6) is -0.371. The van der Waals surface area contributed by atoms with Gasteiger partial charge < -0.3 is 5.32 Å². The van der Waals surface area contributed by atoms with Gasteiger partial charge in [0.2, 0.25) is 5.91 Å². The number of anilines is 1. The highest BCUT2D eigenvalue weighted by molar-refractivity contribution is 7.92. The summed E-state index contributed by atoms with van der Waals surface area (Å²) in [6.07, 6.45) is 1.57. The second-order valence-electron chi connectivity index (χ2n) is 7.70. The zero-order valence-electron chi connectivity index (χ0n) is 18.2. The first-order chi connectivity index (χ1) is 15.3. The minimum Gasteiger partial charge on any atom is -0.352 e. The Labute approximate surface area is 195 Å². The first kappa shape index (κ1) is 23.8. The van der Waals surface area contributed by atoms with Crippen LogP contribution in [0.1, 0.15) is 24.5 Å². The lowest BCUT2D eigenvalue weighted by molar-refractivity contribution is -0.120. The van der Waals surface area contributed by atoms with Crippen molar-refractivity contribution in [3.63, 3.8) is 0 Å². The number of nitrogens with one attached hydrogen (secondary N) is 1.